The Hall–Kier alpha value is -2.41. The summed E-state index contributed by atoms with van der Waals surface area (Å²) < 4.78 is 0. The van der Waals surface area contributed by atoms with Gasteiger partial charge in [-0.2, -0.15) is 0 Å². The lowest BCUT2D eigenvalue weighted by molar-refractivity contribution is 0.781. The van der Waals surface area contributed by atoms with E-state index in [9.17, 15) is 9.59 Å². The molecular weight excluding hydrogens is 246 g/mol. The molecule has 0 saturated heterocycles. The van der Waals surface area contributed by atoms with Gasteiger partial charge < -0.3 is 10.6 Å². The standard InChI is InChI=1S/C12H15N5O2/c13-7-4-8-17(9-5-2-1-3-6-9)10-11(18)14-12(19)16-15-10/h1-3,5-6H,4,7-8,13H2,(H2,14,16,18,19). The van der Waals surface area contributed by atoms with Gasteiger partial charge in [0.05, 0.1) is 0 Å². The van der Waals surface area contributed by atoms with Crippen molar-refractivity contribution in [2.24, 2.45) is 5.73 Å². The molecule has 0 fully saturated rings. The molecule has 0 radical (unpaired) electrons. The highest BCUT2D eigenvalue weighted by molar-refractivity contribution is 5.58. The normalized spacial score (nSPS) is 10.4. The molecule has 1 heterocycles. The van der Waals surface area contributed by atoms with Crippen molar-refractivity contribution >= 4 is 11.5 Å². The molecule has 0 aliphatic rings. The smallest absolute Gasteiger partial charge is 0.330 e. The summed E-state index contributed by atoms with van der Waals surface area (Å²) in [6.07, 6.45) is 0.704. The lowest BCUT2D eigenvalue weighted by Gasteiger charge is -2.22. The van der Waals surface area contributed by atoms with Crippen molar-refractivity contribution in [3.8, 4) is 0 Å². The molecule has 19 heavy (non-hydrogen) atoms. The number of anilines is 2. The number of para-hydroxylation sites is 1. The highest BCUT2D eigenvalue weighted by Gasteiger charge is 2.14. The van der Waals surface area contributed by atoms with Crippen LogP contribution in [0.25, 0.3) is 0 Å². The summed E-state index contributed by atoms with van der Waals surface area (Å²) >= 11 is 0. The topological polar surface area (TPSA) is 108 Å². The van der Waals surface area contributed by atoms with Crippen LogP contribution in [0.3, 0.4) is 0 Å². The molecule has 100 valence electrons. The Morgan fingerprint density at radius 3 is 2.58 bits per heavy atom. The average molecular weight is 261 g/mol. The number of hydrogen-bond acceptors (Lipinski definition) is 5. The highest BCUT2D eigenvalue weighted by atomic mass is 16.2. The molecule has 0 aliphatic heterocycles. The Kier molecular flexibility index (Phi) is 4.09. The van der Waals surface area contributed by atoms with Gasteiger partial charge in [0, 0.05) is 12.2 Å². The molecule has 0 atom stereocenters. The Bertz CT molecular complexity index is 634. The monoisotopic (exact) mass is 261 g/mol. The summed E-state index contributed by atoms with van der Waals surface area (Å²) in [6, 6.07) is 9.34. The zero-order valence-corrected chi connectivity index (χ0v) is 10.3. The first kappa shape index (κ1) is 13.0. The van der Waals surface area contributed by atoms with Crippen molar-refractivity contribution in [1.82, 2.24) is 15.2 Å². The van der Waals surface area contributed by atoms with E-state index < -0.39 is 11.2 Å². The van der Waals surface area contributed by atoms with Crippen LogP contribution in [0.15, 0.2) is 39.9 Å². The number of nitrogens with zero attached hydrogens (tertiary/aromatic N) is 2. The molecule has 0 amide bonds. The van der Waals surface area contributed by atoms with Crippen molar-refractivity contribution in [3.63, 3.8) is 0 Å². The van der Waals surface area contributed by atoms with Gasteiger partial charge in [0.25, 0.3) is 5.56 Å². The molecule has 1 aromatic carbocycles. The van der Waals surface area contributed by atoms with Gasteiger partial charge in [-0.3, -0.25) is 9.78 Å². The van der Waals surface area contributed by atoms with Gasteiger partial charge >= 0.3 is 5.69 Å². The summed E-state index contributed by atoms with van der Waals surface area (Å²) in [4.78, 5) is 26.7. The van der Waals surface area contributed by atoms with Crippen molar-refractivity contribution < 1.29 is 0 Å². The minimum Gasteiger partial charge on any atom is -0.330 e. The van der Waals surface area contributed by atoms with Crippen molar-refractivity contribution in [2.75, 3.05) is 18.0 Å². The zero-order valence-electron chi connectivity index (χ0n) is 10.3. The number of H-pyrrole nitrogens is 2. The second-order valence-corrected chi connectivity index (χ2v) is 3.96. The predicted molar refractivity (Wildman–Crippen MR) is 72.6 cm³/mol. The maximum absolute atomic E-state index is 11.8. The maximum atomic E-state index is 11.8. The van der Waals surface area contributed by atoms with E-state index in [4.69, 9.17) is 5.73 Å². The number of rotatable bonds is 5. The van der Waals surface area contributed by atoms with E-state index in [-0.39, 0.29) is 5.82 Å². The third-order valence-electron chi connectivity index (χ3n) is 2.60. The van der Waals surface area contributed by atoms with Crippen molar-refractivity contribution in [3.05, 3.63) is 51.2 Å². The first-order chi connectivity index (χ1) is 9.22. The quantitative estimate of drug-likeness (QED) is 0.699. The summed E-state index contributed by atoms with van der Waals surface area (Å²) in [5, 5.41) is 6.04. The van der Waals surface area contributed by atoms with Gasteiger partial charge in [0.15, 0.2) is 0 Å². The first-order valence-electron chi connectivity index (χ1n) is 5.94. The van der Waals surface area contributed by atoms with E-state index in [1.54, 1.807) is 4.90 Å². The largest absolute Gasteiger partial charge is 0.342 e. The second kappa shape index (κ2) is 5.96. The number of benzene rings is 1. The van der Waals surface area contributed by atoms with Crippen LogP contribution in [0, 0.1) is 0 Å². The maximum Gasteiger partial charge on any atom is 0.342 e. The van der Waals surface area contributed by atoms with Crippen LogP contribution in [-0.2, 0) is 0 Å². The fourth-order valence-electron chi connectivity index (χ4n) is 1.74. The molecule has 1 aromatic heterocycles. The fourth-order valence-corrected chi connectivity index (χ4v) is 1.74. The van der Waals surface area contributed by atoms with E-state index in [0.717, 1.165) is 5.69 Å². The van der Waals surface area contributed by atoms with Gasteiger partial charge in [0.2, 0.25) is 5.82 Å². The van der Waals surface area contributed by atoms with Crippen LogP contribution in [0.2, 0.25) is 0 Å². The van der Waals surface area contributed by atoms with Gasteiger partial charge in [-0.25, -0.2) is 9.89 Å². The molecule has 0 aliphatic carbocycles. The van der Waals surface area contributed by atoms with Gasteiger partial charge in [-0.15, -0.1) is 5.10 Å². The first-order valence-corrected chi connectivity index (χ1v) is 5.94. The van der Waals surface area contributed by atoms with Crippen molar-refractivity contribution in [2.45, 2.75) is 6.42 Å². The van der Waals surface area contributed by atoms with Crippen LogP contribution in [-0.4, -0.2) is 28.3 Å². The van der Waals surface area contributed by atoms with Gasteiger partial charge in [-0.05, 0) is 25.1 Å². The lowest BCUT2D eigenvalue weighted by atomic mass is 10.2. The van der Waals surface area contributed by atoms with E-state index >= 15 is 0 Å². The molecule has 0 saturated carbocycles. The van der Waals surface area contributed by atoms with E-state index in [1.807, 2.05) is 30.3 Å². The Morgan fingerprint density at radius 2 is 1.95 bits per heavy atom. The fraction of sp³-hybridized carbons (Fsp3) is 0.250. The molecule has 7 heteroatoms. The van der Waals surface area contributed by atoms with Crippen LogP contribution in [0.1, 0.15) is 6.42 Å². The summed E-state index contributed by atoms with van der Waals surface area (Å²) in [7, 11) is 0. The Balaban J connectivity index is 2.43. The minimum atomic E-state index is -0.624. The molecule has 7 nitrogen and oxygen atoms in total. The number of aromatic nitrogens is 3. The van der Waals surface area contributed by atoms with Crippen LogP contribution >= 0.6 is 0 Å². The predicted octanol–water partition coefficient (Wildman–Crippen LogP) is -0.0549. The summed E-state index contributed by atoms with van der Waals surface area (Å²) in [5.41, 5.74) is 5.18. The average Bonchev–Trinajstić information content (AvgIpc) is 2.42. The SMILES string of the molecule is NCCCN(c1ccccc1)c1n[nH]c(=O)[nH]c1=O. The third kappa shape index (κ3) is 3.08. The molecule has 4 N–H and O–H groups in total. The number of nitrogens with two attached hydrogens (primary N) is 1. The van der Waals surface area contributed by atoms with Gasteiger partial charge in [-0.1, -0.05) is 18.2 Å². The van der Waals surface area contributed by atoms with E-state index in [0.29, 0.717) is 19.5 Å². The Morgan fingerprint density at radius 1 is 1.21 bits per heavy atom. The number of aromatic amines is 2. The van der Waals surface area contributed by atoms with Crippen LogP contribution in [0.5, 0.6) is 0 Å². The zero-order chi connectivity index (χ0) is 13.7. The van der Waals surface area contributed by atoms with Gasteiger partial charge in [0.1, 0.15) is 0 Å². The van der Waals surface area contributed by atoms with Crippen molar-refractivity contribution in [1.29, 1.82) is 0 Å². The molecular formula is C12H15N5O2. The molecule has 0 spiro atoms. The molecule has 2 aromatic rings. The molecule has 0 bridgehead atoms. The molecule has 2 rings (SSSR count). The number of nitrogens with one attached hydrogen (secondary N) is 2. The highest BCUT2D eigenvalue weighted by Crippen LogP contribution is 2.19. The lowest BCUT2D eigenvalue weighted by Crippen LogP contribution is -2.33. The summed E-state index contributed by atoms with van der Waals surface area (Å²) in [5.74, 6) is 0.152. The molecule has 0 unspecified atom stereocenters. The Labute approximate surface area is 109 Å². The minimum absolute atomic E-state index is 0.152. The van der Waals surface area contributed by atoms with E-state index in [1.165, 1.54) is 0 Å². The third-order valence-corrected chi connectivity index (χ3v) is 2.60. The van der Waals surface area contributed by atoms with Crippen LogP contribution < -0.4 is 21.9 Å². The van der Waals surface area contributed by atoms with Crippen LogP contribution in [0.4, 0.5) is 11.5 Å². The number of hydrogen-bond donors (Lipinski definition) is 3. The second-order valence-electron chi connectivity index (χ2n) is 3.96. The summed E-state index contributed by atoms with van der Waals surface area (Å²) in [6.45, 7) is 1.05. The van der Waals surface area contributed by atoms with E-state index in [2.05, 4.69) is 15.2 Å².